The third-order valence-corrected chi connectivity index (χ3v) is 5.99. The Balaban J connectivity index is 0. The molecule has 0 bridgehead atoms. The first-order valence-electron chi connectivity index (χ1n) is 11.7. The maximum Gasteiger partial charge on any atom is 0.267 e. The van der Waals surface area contributed by atoms with E-state index in [1.54, 1.807) is 6.08 Å². The molecule has 0 spiro atoms. The van der Waals surface area contributed by atoms with Crippen LogP contribution in [0.1, 0.15) is 117 Å². The van der Waals surface area contributed by atoms with E-state index >= 15 is 0 Å². The molecule has 0 unspecified atom stereocenters. The molecule has 0 aromatic rings. The summed E-state index contributed by atoms with van der Waals surface area (Å²) in [6, 6.07) is 0. The van der Waals surface area contributed by atoms with Crippen LogP contribution in [-0.2, 0) is 14.3 Å². The highest BCUT2D eigenvalue weighted by atomic mass is 32.2. The molecule has 0 rings (SSSR count). The average molecular weight is 420 g/mol. The minimum atomic E-state index is -3.29. The van der Waals surface area contributed by atoms with Crippen LogP contribution >= 0.6 is 0 Å². The number of hydrogen-bond donors (Lipinski definition) is 1. The van der Waals surface area contributed by atoms with Crippen molar-refractivity contribution in [1.29, 1.82) is 0 Å². The maximum absolute atomic E-state index is 11.8. The third-order valence-electron chi connectivity index (χ3n) is 4.68. The van der Waals surface area contributed by atoms with E-state index in [-0.39, 0.29) is 5.75 Å². The summed E-state index contributed by atoms with van der Waals surface area (Å²) < 4.78 is 28.7. The molecule has 0 aliphatic heterocycles. The summed E-state index contributed by atoms with van der Waals surface area (Å²) in [6.07, 6.45) is 20.7. The standard InChI is InChI=1S/C20H42O3S.C3H7N/c1-3-5-7-9-11-12-13-15-17-19-23-24(21,22)20-18-16-14-10-8-6-4-2;1-2-3-4/h3-20H2,1-2H3;2H,1,3-4H2. The Hall–Kier alpha value is -0.390. The zero-order valence-corrected chi connectivity index (χ0v) is 19.7. The molecule has 0 fully saturated rings. The molecule has 0 aliphatic rings. The molecule has 0 aromatic heterocycles. The number of nitrogens with two attached hydrogens (primary N) is 1. The lowest BCUT2D eigenvalue weighted by Gasteiger charge is -2.06. The fraction of sp³-hybridized carbons (Fsp3) is 0.913. The Morgan fingerprint density at radius 3 is 1.46 bits per heavy atom. The van der Waals surface area contributed by atoms with Crippen molar-refractivity contribution < 1.29 is 12.6 Å². The molecule has 0 saturated heterocycles. The molecule has 0 radical (unpaired) electrons. The van der Waals surface area contributed by atoms with Gasteiger partial charge in [-0.2, -0.15) is 8.42 Å². The average Bonchev–Trinajstić information content (AvgIpc) is 2.69. The highest BCUT2D eigenvalue weighted by Crippen LogP contribution is 2.11. The molecule has 0 atom stereocenters. The summed E-state index contributed by atoms with van der Waals surface area (Å²) in [5.74, 6) is 0.193. The summed E-state index contributed by atoms with van der Waals surface area (Å²) in [7, 11) is -3.29. The monoisotopic (exact) mass is 419 g/mol. The van der Waals surface area contributed by atoms with Gasteiger partial charge in [-0.25, -0.2) is 0 Å². The van der Waals surface area contributed by atoms with Crippen molar-refractivity contribution in [3.63, 3.8) is 0 Å². The summed E-state index contributed by atoms with van der Waals surface area (Å²) in [5.41, 5.74) is 4.91. The van der Waals surface area contributed by atoms with Gasteiger partial charge >= 0.3 is 0 Å². The predicted octanol–water partition coefficient (Wildman–Crippen LogP) is 6.75. The van der Waals surface area contributed by atoms with Crippen LogP contribution in [0, 0.1) is 0 Å². The minimum Gasteiger partial charge on any atom is -0.327 e. The van der Waals surface area contributed by atoms with E-state index in [0.717, 1.165) is 32.1 Å². The quantitative estimate of drug-likeness (QED) is 0.135. The van der Waals surface area contributed by atoms with E-state index in [9.17, 15) is 8.42 Å². The lowest BCUT2D eigenvalue weighted by molar-refractivity contribution is 0.305. The Bertz CT molecular complexity index is 397. The van der Waals surface area contributed by atoms with E-state index in [1.165, 1.54) is 70.6 Å². The lowest BCUT2D eigenvalue weighted by atomic mass is 10.1. The smallest absolute Gasteiger partial charge is 0.267 e. The third kappa shape index (κ3) is 27.8. The Kier molecular flexibility index (Phi) is 26.2. The summed E-state index contributed by atoms with van der Waals surface area (Å²) >= 11 is 0. The van der Waals surface area contributed by atoms with Crippen molar-refractivity contribution in [2.24, 2.45) is 5.73 Å². The van der Waals surface area contributed by atoms with Crippen LogP contribution in [0.25, 0.3) is 0 Å². The van der Waals surface area contributed by atoms with E-state index in [1.807, 2.05) is 0 Å². The van der Waals surface area contributed by atoms with Gasteiger partial charge in [0.2, 0.25) is 0 Å². The Morgan fingerprint density at radius 1 is 0.714 bits per heavy atom. The van der Waals surface area contributed by atoms with E-state index < -0.39 is 10.1 Å². The summed E-state index contributed by atoms with van der Waals surface area (Å²) in [4.78, 5) is 0. The van der Waals surface area contributed by atoms with E-state index in [4.69, 9.17) is 9.92 Å². The minimum absolute atomic E-state index is 0.193. The van der Waals surface area contributed by atoms with Gasteiger partial charge < -0.3 is 5.73 Å². The van der Waals surface area contributed by atoms with Crippen molar-refractivity contribution in [3.8, 4) is 0 Å². The number of unbranched alkanes of at least 4 members (excludes halogenated alkanes) is 14. The first kappa shape index (κ1) is 29.8. The normalized spacial score (nSPS) is 11.1. The molecule has 0 heterocycles. The lowest BCUT2D eigenvalue weighted by Crippen LogP contribution is -2.11. The van der Waals surface area contributed by atoms with Crippen LogP contribution in [0.4, 0.5) is 0 Å². The molecule has 28 heavy (non-hydrogen) atoms. The molecule has 0 saturated carbocycles. The van der Waals surface area contributed by atoms with E-state index in [0.29, 0.717) is 13.2 Å². The van der Waals surface area contributed by atoms with Crippen molar-refractivity contribution >= 4 is 10.1 Å². The molecule has 170 valence electrons. The second-order valence-corrected chi connectivity index (χ2v) is 9.32. The summed E-state index contributed by atoms with van der Waals surface area (Å²) in [6.45, 7) is 8.75. The van der Waals surface area contributed by atoms with Crippen LogP contribution < -0.4 is 5.73 Å². The van der Waals surface area contributed by atoms with E-state index in [2.05, 4.69) is 20.4 Å². The van der Waals surface area contributed by atoms with Crippen LogP contribution in [0.15, 0.2) is 12.7 Å². The largest absolute Gasteiger partial charge is 0.327 e. The molecule has 0 amide bonds. The Morgan fingerprint density at radius 2 is 1.07 bits per heavy atom. The highest BCUT2D eigenvalue weighted by Gasteiger charge is 2.10. The second kappa shape index (κ2) is 24.6. The van der Waals surface area contributed by atoms with Crippen molar-refractivity contribution in [3.05, 3.63) is 12.7 Å². The number of rotatable bonds is 20. The van der Waals surface area contributed by atoms with Crippen LogP contribution in [0.5, 0.6) is 0 Å². The van der Waals surface area contributed by atoms with Gasteiger partial charge in [0, 0.05) is 6.54 Å². The molecule has 0 aromatic carbocycles. The molecule has 5 heteroatoms. The fourth-order valence-electron chi connectivity index (χ4n) is 2.89. The topological polar surface area (TPSA) is 69.4 Å². The van der Waals surface area contributed by atoms with Crippen molar-refractivity contribution in [2.75, 3.05) is 18.9 Å². The van der Waals surface area contributed by atoms with Gasteiger partial charge in [0.1, 0.15) is 0 Å². The molecular weight excluding hydrogens is 370 g/mol. The zero-order valence-electron chi connectivity index (χ0n) is 18.9. The van der Waals surface area contributed by atoms with Gasteiger partial charge in [-0.3, -0.25) is 4.18 Å². The van der Waals surface area contributed by atoms with Gasteiger partial charge in [0.05, 0.1) is 12.4 Å². The zero-order chi connectivity index (χ0) is 21.3. The molecule has 0 aliphatic carbocycles. The first-order valence-corrected chi connectivity index (χ1v) is 13.3. The highest BCUT2D eigenvalue weighted by molar-refractivity contribution is 7.86. The van der Waals surface area contributed by atoms with Crippen LogP contribution in [-0.4, -0.2) is 27.3 Å². The number of hydrogen-bond acceptors (Lipinski definition) is 4. The molecular formula is C23H49NO3S. The summed E-state index contributed by atoms with van der Waals surface area (Å²) in [5, 5.41) is 0. The van der Waals surface area contributed by atoms with Crippen LogP contribution in [0.3, 0.4) is 0 Å². The second-order valence-electron chi connectivity index (χ2n) is 7.56. The molecule has 4 nitrogen and oxygen atoms in total. The first-order chi connectivity index (χ1) is 13.5. The SMILES string of the molecule is C=CCN.CCCCCCCCCCCOS(=O)(=O)CCCCCCCCC. The van der Waals surface area contributed by atoms with Gasteiger partial charge in [-0.1, -0.05) is 110 Å². The van der Waals surface area contributed by atoms with Gasteiger partial charge in [-0.05, 0) is 12.8 Å². The van der Waals surface area contributed by atoms with Crippen molar-refractivity contribution in [2.45, 2.75) is 117 Å². The Labute approximate surface area is 176 Å². The van der Waals surface area contributed by atoms with Crippen LogP contribution in [0.2, 0.25) is 0 Å². The van der Waals surface area contributed by atoms with Gasteiger partial charge in [0.25, 0.3) is 10.1 Å². The van der Waals surface area contributed by atoms with Gasteiger partial charge in [-0.15, -0.1) is 6.58 Å². The predicted molar refractivity (Wildman–Crippen MR) is 124 cm³/mol. The fourth-order valence-corrected chi connectivity index (χ4v) is 3.94. The van der Waals surface area contributed by atoms with Crippen molar-refractivity contribution in [1.82, 2.24) is 0 Å². The molecule has 2 N–H and O–H groups in total. The maximum atomic E-state index is 11.8. The van der Waals surface area contributed by atoms with Gasteiger partial charge in [0.15, 0.2) is 0 Å².